The molecular weight excluding hydrogens is 208 g/mol. The number of hydrogen-bond donors (Lipinski definition) is 0. The molecule has 2 bridgehead atoms. The van der Waals surface area contributed by atoms with Crippen molar-refractivity contribution in [3.63, 3.8) is 0 Å². The highest BCUT2D eigenvalue weighted by Crippen LogP contribution is 2.78. The predicted molar refractivity (Wildman–Crippen MR) is 66.3 cm³/mol. The summed E-state index contributed by atoms with van der Waals surface area (Å²) in [4.78, 5) is 0. The van der Waals surface area contributed by atoms with Gasteiger partial charge in [-0.05, 0) is 35.1 Å². The van der Waals surface area contributed by atoms with Gasteiger partial charge < -0.3 is 0 Å². The summed E-state index contributed by atoms with van der Waals surface area (Å²) in [5.74, 6) is 1.81. The Labute approximate surface area is 94.1 Å². The molecule has 14 heavy (non-hydrogen) atoms. The third-order valence-corrected chi connectivity index (χ3v) is 10.1. The Morgan fingerprint density at radius 1 is 1.21 bits per heavy atom. The lowest BCUT2D eigenvalue weighted by Gasteiger charge is -2.72. The molecular formula is C12H23ClSi. The van der Waals surface area contributed by atoms with E-state index in [9.17, 15) is 0 Å². The van der Waals surface area contributed by atoms with Gasteiger partial charge in [-0.25, -0.2) is 0 Å². The largest absolute Gasteiger partial charge is 0.167 e. The lowest BCUT2D eigenvalue weighted by Crippen LogP contribution is -2.65. The van der Waals surface area contributed by atoms with Crippen molar-refractivity contribution in [3.05, 3.63) is 0 Å². The number of rotatable bonds is 1. The van der Waals surface area contributed by atoms with Gasteiger partial charge in [-0.2, -0.15) is 11.1 Å². The van der Waals surface area contributed by atoms with Crippen LogP contribution in [-0.4, -0.2) is 7.38 Å². The average Bonchev–Trinajstić information content (AvgIpc) is 2.01. The van der Waals surface area contributed by atoms with Crippen molar-refractivity contribution >= 4 is 18.5 Å². The van der Waals surface area contributed by atoms with Gasteiger partial charge in [-0.3, -0.25) is 0 Å². The number of fused-ring (bicyclic) bond motifs is 2. The molecule has 0 radical (unpaired) electrons. The van der Waals surface area contributed by atoms with Crippen LogP contribution in [0.25, 0.3) is 0 Å². The van der Waals surface area contributed by atoms with Crippen LogP contribution in [0.1, 0.15) is 40.0 Å². The van der Waals surface area contributed by atoms with Crippen LogP contribution >= 0.6 is 11.1 Å². The van der Waals surface area contributed by atoms with Gasteiger partial charge in [-0.15, -0.1) is 0 Å². The molecule has 0 aromatic heterocycles. The van der Waals surface area contributed by atoms with Gasteiger partial charge in [0.1, 0.15) is 0 Å². The van der Waals surface area contributed by atoms with Crippen molar-refractivity contribution in [1.82, 2.24) is 0 Å². The molecule has 0 spiro atoms. The van der Waals surface area contributed by atoms with Gasteiger partial charge in [0.25, 0.3) is 0 Å². The van der Waals surface area contributed by atoms with Gasteiger partial charge >= 0.3 is 0 Å². The normalized spacial score (nSPS) is 45.9. The highest BCUT2D eigenvalue weighted by Gasteiger charge is 2.70. The maximum absolute atomic E-state index is 6.81. The molecule has 0 aromatic rings. The quantitative estimate of drug-likeness (QED) is 0.455. The smallest absolute Gasteiger partial charge is 0.157 e. The average molecular weight is 231 g/mol. The second-order valence-corrected chi connectivity index (χ2v) is 13.2. The molecule has 0 aliphatic heterocycles. The van der Waals surface area contributed by atoms with Gasteiger partial charge in [0.2, 0.25) is 0 Å². The van der Waals surface area contributed by atoms with Crippen LogP contribution in [-0.2, 0) is 0 Å². The van der Waals surface area contributed by atoms with E-state index >= 15 is 0 Å². The molecule has 0 heterocycles. The van der Waals surface area contributed by atoms with Crippen molar-refractivity contribution in [3.8, 4) is 0 Å². The lowest BCUT2D eigenvalue weighted by molar-refractivity contribution is -0.0875. The predicted octanol–water partition coefficient (Wildman–Crippen LogP) is 4.65. The van der Waals surface area contributed by atoms with Crippen LogP contribution < -0.4 is 0 Å². The molecule has 3 aliphatic carbocycles. The van der Waals surface area contributed by atoms with E-state index in [0.29, 0.717) is 10.5 Å². The monoisotopic (exact) mass is 230 g/mol. The molecule has 3 unspecified atom stereocenters. The van der Waals surface area contributed by atoms with Gasteiger partial charge in [0.05, 0.1) is 0 Å². The zero-order valence-electron chi connectivity index (χ0n) is 10.2. The summed E-state index contributed by atoms with van der Waals surface area (Å²) in [6.07, 6.45) is 4.28. The van der Waals surface area contributed by atoms with Gasteiger partial charge in [0, 0.05) is 0 Å². The fourth-order valence-electron chi connectivity index (χ4n) is 4.73. The van der Waals surface area contributed by atoms with Crippen molar-refractivity contribution in [2.75, 3.05) is 0 Å². The van der Waals surface area contributed by atoms with E-state index in [1.807, 2.05) is 0 Å². The fraction of sp³-hybridized carbons (Fsp3) is 1.00. The summed E-state index contributed by atoms with van der Waals surface area (Å²) in [6.45, 7) is 12.1. The summed E-state index contributed by atoms with van der Waals surface area (Å²) < 4.78 is 0. The fourth-order valence-corrected chi connectivity index (χ4v) is 10.0. The van der Waals surface area contributed by atoms with Crippen molar-refractivity contribution < 1.29 is 0 Å². The van der Waals surface area contributed by atoms with Crippen molar-refractivity contribution in [2.45, 2.75) is 58.2 Å². The van der Waals surface area contributed by atoms with Crippen LogP contribution in [0, 0.1) is 17.3 Å². The summed E-state index contributed by atoms with van der Waals surface area (Å²) in [5, 5.41) is 0.518. The minimum absolute atomic E-state index is 0.516. The molecule has 3 atom stereocenters. The summed E-state index contributed by atoms with van der Waals surface area (Å²) >= 11 is 6.81. The van der Waals surface area contributed by atoms with E-state index in [2.05, 4.69) is 33.9 Å². The van der Waals surface area contributed by atoms with Crippen LogP contribution in [0.3, 0.4) is 0 Å². The zero-order chi connectivity index (χ0) is 10.8. The Balaban J connectivity index is 2.41. The highest BCUT2D eigenvalue weighted by atomic mass is 35.6. The van der Waals surface area contributed by atoms with E-state index in [-0.39, 0.29) is 0 Å². The van der Waals surface area contributed by atoms with Gasteiger partial charge in [-0.1, -0.05) is 40.3 Å². The minimum atomic E-state index is -1.54. The van der Waals surface area contributed by atoms with E-state index in [1.165, 1.54) is 19.3 Å². The van der Waals surface area contributed by atoms with Crippen molar-refractivity contribution in [2.24, 2.45) is 17.3 Å². The highest BCUT2D eigenvalue weighted by molar-refractivity contribution is 7.20. The Morgan fingerprint density at radius 2 is 1.79 bits per heavy atom. The van der Waals surface area contributed by atoms with Crippen molar-refractivity contribution in [1.29, 1.82) is 0 Å². The molecule has 3 saturated carbocycles. The lowest BCUT2D eigenvalue weighted by atomic mass is 9.45. The standard InChI is InChI=1S/C12H23ClSi/c1-9-6-7-10-8-12(9,11(10,2)3)14(4,5)13/h9-10H,6-8H2,1-5H3. The number of hydrogen-bond acceptors (Lipinski definition) is 0. The molecule has 3 fully saturated rings. The topological polar surface area (TPSA) is 0 Å². The molecule has 82 valence electrons. The number of halogens is 1. The van der Waals surface area contributed by atoms with E-state index in [1.54, 1.807) is 0 Å². The molecule has 3 aliphatic rings. The second-order valence-electron chi connectivity index (χ2n) is 6.54. The molecule has 0 N–H and O–H groups in total. The Kier molecular flexibility index (Phi) is 2.20. The summed E-state index contributed by atoms with van der Waals surface area (Å²) in [7, 11) is -1.54. The third-order valence-electron chi connectivity index (χ3n) is 5.59. The zero-order valence-corrected chi connectivity index (χ0v) is 11.9. The van der Waals surface area contributed by atoms with Crippen LogP contribution in [0.5, 0.6) is 0 Å². The SMILES string of the molecule is CC1CCC2CC1([Si](C)(C)Cl)C2(C)C. The third kappa shape index (κ3) is 1.01. The molecule has 0 amide bonds. The summed E-state index contributed by atoms with van der Waals surface area (Å²) in [6, 6.07) is 0. The maximum atomic E-state index is 6.81. The Morgan fingerprint density at radius 3 is 2.07 bits per heavy atom. The molecule has 0 aromatic carbocycles. The molecule has 2 heteroatoms. The van der Waals surface area contributed by atoms with Gasteiger partial charge in [0.15, 0.2) is 7.38 Å². The first-order valence-electron chi connectivity index (χ1n) is 5.92. The second kappa shape index (κ2) is 2.79. The maximum Gasteiger partial charge on any atom is 0.157 e. The van der Waals surface area contributed by atoms with Crippen LogP contribution in [0.15, 0.2) is 0 Å². The molecule has 0 nitrogen and oxygen atoms in total. The van der Waals surface area contributed by atoms with Crippen LogP contribution in [0.2, 0.25) is 18.1 Å². The van der Waals surface area contributed by atoms with E-state index in [4.69, 9.17) is 11.1 Å². The van der Waals surface area contributed by atoms with E-state index in [0.717, 1.165) is 11.8 Å². The molecule has 3 rings (SSSR count). The first-order chi connectivity index (χ1) is 6.23. The summed E-state index contributed by atoms with van der Waals surface area (Å²) in [5.41, 5.74) is 0.516. The Hall–Kier alpha value is 0.507. The van der Waals surface area contributed by atoms with E-state index < -0.39 is 7.38 Å². The molecule has 0 saturated heterocycles. The first-order valence-corrected chi connectivity index (χ1v) is 9.93. The Bertz CT molecular complexity index is 254. The van der Waals surface area contributed by atoms with Crippen LogP contribution in [0.4, 0.5) is 0 Å². The minimum Gasteiger partial charge on any atom is -0.167 e. The first kappa shape index (κ1) is 11.0.